The van der Waals surface area contributed by atoms with Gasteiger partial charge >= 0.3 is 0 Å². The van der Waals surface area contributed by atoms with Crippen LogP contribution in [0.15, 0.2) is 48.5 Å². The van der Waals surface area contributed by atoms with Crippen molar-refractivity contribution in [3.63, 3.8) is 0 Å². The number of nitrogens with one attached hydrogen (secondary N) is 1. The molecule has 1 amide bonds. The Morgan fingerprint density at radius 2 is 1.96 bits per heavy atom. The van der Waals surface area contributed by atoms with Crippen LogP contribution in [0.4, 0.5) is 10.1 Å². The van der Waals surface area contributed by atoms with Gasteiger partial charge in [0.25, 0.3) is 0 Å². The fraction of sp³-hybridized carbons (Fsp3) is 0.300. The van der Waals surface area contributed by atoms with Gasteiger partial charge in [-0.2, -0.15) is 0 Å². The summed E-state index contributed by atoms with van der Waals surface area (Å²) in [6, 6.07) is 14.7. The van der Waals surface area contributed by atoms with Crippen molar-refractivity contribution >= 4 is 33.1 Å². The largest absolute Gasteiger partial charge is 0.372 e. The average molecular weight is 371 g/mol. The Labute approximate surface area is 156 Å². The average Bonchev–Trinajstić information content (AvgIpc) is 3.07. The third-order valence-electron chi connectivity index (χ3n) is 4.16. The number of nitrogens with zero attached hydrogens (tertiary/aromatic N) is 2. The maximum absolute atomic E-state index is 13.7. The summed E-state index contributed by atoms with van der Waals surface area (Å²) in [7, 11) is 1.85. The summed E-state index contributed by atoms with van der Waals surface area (Å²) in [5, 5.41) is 3.91. The molecule has 6 heteroatoms. The maximum Gasteiger partial charge on any atom is 0.220 e. The predicted octanol–water partition coefficient (Wildman–Crippen LogP) is 4.01. The van der Waals surface area contributed by atoms with Gasteiger partial charge < -0.3 is 10.2 Å². The number of carbonyl (C=O) groups excluding carboxylic acids is 1. The van der Waals surface area contributed by atoms with Crippen LogP contribution < -0.4 is 10.2 Å². The van der Waals surface area contributed by atoms with E-state index in [0.29, 0.717) is 31.6 Å². The second-order valence-corrected chi connectivity index (χ2v) is 7.27. The normalized spacial score (nSPS) is 10.8. The van der Waals surface area contributed by atoms with Crippen molar-refractivity contribution in [1.82, 2.24) is 10.3 Å². The monoisotopic (exact) mass is 371 g/mol. The summed E-state index contributed by atoms with van der Waals surface area (Å²) in [5.74, 6) is -0.201. The van der Waals surface area contributed by atoms with Crippen molar-refractivity contribution in [3.8, 4) is 0 Å². The van der Waals surface area contributed by atoms with Crippen LogP contribution in [0, 0.1) is 5.82 Å². The lowest BCUT2D eigenvalue weighted by molar-refractivity contribution is -0.121. The summed E-state index contributed by atoms with van der Waals surface area (Å²) in [6.45, 7) is 1.26. The minimum absolute atomic E-state index is 0.0257. The van der Waals surface area contributed by atoms with Crippen molar-refractivity contribution in [2.75, 3.05) is 25.0 Å². The molecule has 0 fully saturated rings. The number of benzene rings is 2. The molecule has 1 aromatic heterocycles. The molecule has 1 heterocycles. The summed E-state index contributed by atoms with van der Waals surface area (Å²) >= 11 is 1.64. The third kappa shape index (κ3) is 4.79. The van der Waals surface area contributed by atoms with Crippen LogP contribution in [0.5, 0.6) is 0 Å². The Hall–Kier alpha value is -2.47. The van der Waals surface area contributed by atoms with Gasteiger partial charge in [-0.25, -0.2) is 9.37 Å². The molecule has 0 radical (unpaired) electrons. The first kappa shape index (κ1) is 18.3. The van der Waals surface area contributed by atoms with Gasteiger partial charge in [0.1, 0.15) is 5.82 Å². The van der Waals surface area contributed by atoms with Gasteiger partial charge in [-0.3, -0.25) is 4.79 Å². The summed E-state index contributed by atoms with van der Waals surface area (Å²) in [6.07, 6.45) is 1.85. The number of hydrogen-bond donors (Lipinski definition) is 1. The number of rotatable bonds is 8. The zero-order valence-corrected chi connectivity index (χ0v) is 15.6. The number of aromatic nitrogens is 1. The molecule has 26 heavy (non-hydrogen) atoms. The number of halogens is 1. The standard InChI is InChI=1S/C20H22FN3OS/c1-24(17-9-4-2-7-15(17)21)14-6-13-22-19(25)11-12-20-23-16-8-3-5-10-18(16)26-20/h2-5,7-10H,6,11-14H2,1H3,(H,22,25). The molecule has 0 saturated carbocycles. The first-order valence-electron chi connectivity index (χ1n) is 8.70. The zero-order chi connectivity index (χ0) is 18.4. The van der Waals surface area contributed by atoms with E-state index in [4.69, 9.17) is 0 Å². The van der Waals surface area contributed by atoms with Crippen molar-refractivity contribution in [1.29, 1.82) is 0 Å². The molecule has 3 rings (SSSR count). The highest BCUT2D eigenvalue weighted by molar-refractivity contribution is 7.18. The highest BCUT2D eigenvalue weighted by atomic mass is 32.1. The number of para-hydroxylation sites is 2. The Balaban J connectivity index is 1.37. The molecule has 0 unspecified atom stereocenters. The first-order valence-corrected chi connectivity index (χ1v) is 9.52. The molecule has 0 saturated heterocycles. The zero-order valence-electron chi connectivity index (χ0n) is 14.7. The van der Waals surface area contributed by atoms with Gasteiger partial charge in [-0.1, -0.05) is 24.3 Å². The second-order valence-electron chi connectivity index (χ2n) is 6.15. The number of fused-ring (bicyclic) bond motifs is 1. The molecule has 2 aromatic carbocycles. The fourth-order valence-electron chi connectivity index (χ4n) is 2.76. The van der Waals surface area contributed by atoms with Crippen molar-refractivity contribution in [3.05, 3.63) is 59.4 Å². The van der Waals surface area contributed by atoms with Crippen LogP contribution >= 0.6 is 11.3 Å². The topological polar surface area (TPSA) is 45.2 Å². The Morgan fingerprint density at radius 1 is 1.19 bits per heavy atom. The molecule has 0 aliphatic carbocycles. The smallest absolute Gasteiger partial charge is 0.220 e. The molecule has 0 spiro atoms. The number of thiazole rings is 1. The molecule has 4 nitrogen and oxygen atoms in total. The van der Waals surface area contributed by atoms with E-state index in [1.165, 1.54) is 6.07 Å². The van der Waals surface area contributed by atoms with Crippen LogP contribution in [-0.2, 0) is 11.2 Å². The first-order chi connectivity index (χ1) is 12.6. The summed E-state index contributed by atoms with van der Waals surface area (Å²) < 4.78 is 14.9. The molecule has 1 N–H and O–H groups in total. The molecule has 0 atom stereocenters. The second kappa shape index (κ2) is 8.76. The van der Waals surface area contributed by atoms with Crippen LogP contribution in [0.1, 0.15) is 17.8 Å². The van der Waals surface area contributed by atoms with E-state index >= 15 is 0 Å². The maximum atomic E-state index is 13.7. The third-order valence-corrected chi connectivity index (χ3v) is 5.26. The van der Waals surface area contributed by atoms with Gasteiger partial charge in [0, 0.05) is 33.0 Å². The molecule has 0 bridgehead atoms. The molecule has 0 aliphatic heterocycles. The van der Waals surface area contributed by atoms with Crippen molar-refractivity contribution < 1.29 is 9.18 Å². The number of anilines is 1. The van der Waals surface area contributed by atoms with E-state index in [-0.39, 0.29) is 11.7 Å². The lowest BCUT2D eigenvalue weighted by Gasteiger charge is -2.19. The highest BCUT2D eigenvalue weighted by Gasteiger charge is 2.08. The van der Waals surface area contributed by atoms with Crippen molar-refractivity contribution in [2.24, 2.45) is 0 Å². The molecular weight excluding hydrogens is 349 g/mol. The van der Waals surface area contributed by atoms with Crippen molar-refractivity contribution in [2.45, 2.75) is 19.3 Å². The van der Waals surface area contributed by atoms with E-state index in [0.717, 1.165) is 21.6 Å². The number of amides is 1. The van der Waals surface area contributed by atoms with E-state index in [9.17, 15) is 9.18 Å². The van der Waals surface area contributed by atoms with Gasteiger partial charge in [-0.05, 0) is 30.7 Å². The Kier molecular flexibility index (Phi) is 6.17. The summed E-state index contributed by atoms with van der Waals surface area (Å²) in [4.78, 5) is 18.4. The lowest BCUT2D eigenvalue weighted by atomic mass is 10.2. The van der Waals surface area contributed by atoms with E-state index in [1.807, 2.05) is 42.3 Å². The van der Waals surface area contributed by atoms with Crippen LogP contribution in [0.25, 0.3) is 10.2 Å². The molecular formula is C20H22FN3OS. The van der Waals surface area contributed by atoms with Gasteiger partial charge in [-0.15, -0.1) is 11.3 Å². The van der Waals surface area contributed by atoms with Gasteiger partial charge in [0.2, 0.25) is 5.91 Å². The minimum atomic E-state index is -0.227. The van der Waals surface area contributed by atoms with Gasteiger partial charge in [0.05, 0.1) is 20.9 Å². The molecule has 0 aliphatic rings. The number of hydrogen-bond acceptors (Lipinski definition) is 4. The quantitative estimate of drug-likeness (QED) is 0.609. The number of carbonyl (C=O) groups is 1. The SMILES string of the molecule is CN(CCCNC(=O)CCc1nc2ccccc2s1)c1ccccc1F. The summed E-state index contributed by atoms with van der Waals surface area (Å²) in [5.41, 5.74) is 1.57. The molecule has 136 valence electrons. The van der Waals surface area contributed by atoms with E-state index in [2.05, 4.69) is 10.3 Å². The lowest BCUT2D eigenvalue weighted by Crippen LogP contribution is -2.28. The fourth-order valence-corrected chi connectivity index (χ4v) is 3.73. The van der Waals surface area contributed by atoms with Crippen LogP contribution in [0.3, 0.4) is 0 Å². The Bertz CT molecular complexity index is 847. The van der Waals surface area contributed by atoms with E-state index in [1.54, 1.807) is 23.5 Å². The van der Waals surface area contributed by atoms with E-state index < -0.39 is 0 Å². The molecule has 3 aromatic rings. The highest BCUT2D eigenvalue weighted by Crippen LogP contribution is 2.22. The predicted molar refractivity (Wildman–Crippen MR) is 105 cm³/mol. The van der Waals surface area contributed by atoms with Crippen LogP contribution in [-0.4, -0.2) is 31.0 Å². The Morgan fingerprint density at radius 3 is 2.77 bits per heavy atom. The minimum Gasteiger partial charge on any atom is -0.372 e. The van der Waals surface area contributed by atoms with Gasteiger partial charge in [0.15, 0.2) is 0 Å². The van der Waals surface area contributed by atoms with Crippen LogP contribution in [0.2, 0.25) is 0 Å². The number of aryl methyl sites for hydroxylation is 1.